The first-order valence-electron chi connectivity index (χ1n) is 11.3. The van der Waals surface area contributed by atoms with E-state index in [0.29, 0.717) is 6.42 Å². The van der Waals surface area contributed by atoms with Crippen LogP contribution in [0.4, 0.5) is 5.69 Å². The highest BCUT2D eigenvalue weighted by atomic mass is 32.2. The molecular weight excluding hydrogens is 470 g/mol. The molecule has 1 N–H and O–H groups in total. The second kappa shape index (κ2) is 9.91. The predicted octanol–water partition coefficient (Wildman–Crippen LogP) is 4.06. The molecule has 0 aliphatic carbocycles. The number of anilines is 1. The maximum absolute atomic E-state index is 13.2. The van der Waals surface area contributed by atoms with E-state index in [1.165, 1.54) is 6.20 Å². The molecule has 35 heavy (non-hydrogen) atoms. The van der Waals surface area contributed by atoms with E-state index in [0.717, 1.165) is 44.7 Å². The van der Waals surface area contributed by atoms with Gasteiger partial charge in [-0.05, 0) is 37.1 Å². The van der Waals surface area contributed by atoms with Crippen molar-refractivity contribution >= 4 is 43.4 Å². The lowest BCUT2D eigenvalue weighted by Gasteiger charge is -2.17. The van der Waals surface area contributed by atoms with Crippen molar-refractivity contribution in [3.05, 3.63) is 64.6 Å². The molecule has 0 bridgehead atoms. The number of nitrogens with zero attached hydrogens (tertiary/aromatic N) is 2. The first-order valence-corrected chi connectivity index (χ1v) is 13.2. The van der Waals surface area contributed by atoms with Gasteiger partial charge in [0.05, 0.1) is 12.8 Å². The van der Waals surface area contributed by atoms with Crippen LogP contribution in [0.3, 0.4) is 0 Å². The number of aromatic nitrogens is 2. The molecule has 10 heteroatoms. The van der Waals surface area contributed by atoms with Crippen LogP contribution in [0, 0.1) is 0 Å². The summed E-state index contributed by atoms with van der Waals surface area (Å²) in [5.41, 5.74) is 1.83. The average molecular weight is 498 g/mol. The van der Waals surface area contributed by atoms with Crippen molar-refractivity contribution < 1.29 is 22.4 Å². The third-order valence-electron chi connectivity index (χ3n) is 5.66. The number of nitrogens with one attached hydrogen (secondary N) is 1. The summed E-state index contributed by atoms with van der Waals surface area (Å²) < 4.78 is 36.2. The van der Waals surface area contributed by atoms with Crippen molar-refractivity contribution in [2.24, 2.45) is 0 Å². The predicted molar refractivity (Wildman–Crippen MR) is 133 cm³/mol. The lowest BCUT2D eigenvalue weighted by atomic mass is 10.0. The van der Waals surface area contributed by atoms with Gasteiger partial charge in [-0.3, -0.25) is 14.2 Å². The molecule has 184 valence electrons. The molecule has 0 spiro atoms. The molecule has 2 aromatic heterocycles. The summed E-state index contributed by atoms with van der Waals surface area (Å²) in [6, 6.07) is 13.2. The van der Waals surface area contributed by atoms with Gasteiger partial charge < -0.3 is 14.5 Å². The fraction of sp³-hybridized carbons (Fsp3) is 0.320. The van der Waals surface area contributed by atoms with Crippen LogP contribution in [0.15, 0.2) is 63.0 Å². The van der Waals surface area contributed by atoms with Crippen molar-refractivity contribution in [3.8, 4) is 0 Å². The van der Waals surface area contributed by atoms with Gasteiger partial charge in [-0.15, -0.1) is 0 Å². The van der Waals surface area contributed by atoms with Crippen molar-refractivity contribution in [2.75, 3.05) is 18.2 Å². The monoisotopic (exact) mass is 497 g/mol. The van der Waals surface area contributed by atoms with Crippen LogP contribution in [0.25, 0.3) is 21.9 Å². The number of hydrogen-bond donors (Lipinski definition) is 1. The Bertz CT molecular complexity index is 1550. The van der Waals surface area contributed by atoms with Crippen molar-refractivity contribution in [3.63, 3.8) is 0 Å². The Labute approximate surface area is 202 Å². The second-order valence-electron chi connectivity index (χ2n) is 8.41. The molecule has 0 radical (unpaired) electrons. The minimum Gasteiger partial charge on any atom is -0.464 e. The van der Waals surface area contributed by atoms with E-state index >= 15 is 0 Å². The molecule has 0 fully saturated rings. The fourth-order valence-corrected chi connectivity index (χ4v) is 4.64. The molecule has 1 atom stereocenters. The Morgan fingerprint density at radius 3 is 2.66 bits per heavy atom. The zero-order chi connectivity index (χ0) is 25.2. The molecule has 0 unspecified atom stereocenters. The van der Waals surface area contributed by atoms with E-state index < -0.39 is 33.1 Å². The topological polar surface area (TPSA) is 120 Å². The summed E-state index contributed by atoms with van der Waals surface area (Å²) in [5.74, 6) is -0.699. The third kappa shape index (κ3) is 5.22. The quantitative estimate of drug-likeness (QED) is 0.209. The number of sulfone groups is 1. The summed E-state index contributed by atoms with van der Waals surface area (Å²) in [7, 11) is -3.86. The van der Waals surface area contributed by atoms with Crippen LogP contribution < -0.4 is 10.9 Å². The second-order valence-corrected chi connectivity index (χ2v) is 10.3. The molecule has 0 saturated heterocycles. The van der Waals surface area contributed by atoms with Gasteiger partial charge in [0.25, 0.3) is 5.56 Å². The highest BCUT2D eigenvalue weighted by molar-refractivity contribution is 7.90. The molecular formula is C25H27N3O6S. The molecule has 0 aliphatic heterocycles. The molecule has 4 rings (SSSR count). The first kappa shape index (κ1) is 24.5. The Hall–Kier alpha value is -3.66. The lowest BCUT2D eigenvalue weighted by Crippen LogP contribution is -2.32. The highest BCUT2D eigenvalue weighted by Crippen LogP contribution is 2.31. The molecule has 0 amide bonds. The summed E-state index contributed by atoms with van der Waals surface area (Å²) in [6.45, 7) is 3.48. The van der Waals surface area contributed by atoms with Gasteiger partial charge >= 0.3 is 5.97 Å². The van der Waals surface area contributed by atoms with Gasteiger partial charge in [0.1, 0.15) is 23.4 Å². The fourth-order valence-electron chi connectivity index (χ4n) is 3.85. The number of hydrogen-bond acceptors (Lipinski definition) is 8. The van der Waals surface area contributed by atoms with Gasteiger partial charge in [-0.1, -0.05) is 37.6 Å². The van der Waals surface area contributed by atoms with Crippen LogP contribution in [-0.4, -0.2) is 36.8 Å². The summed E-state index contributed by atoms with van der Waals surface area (Å²) in [4.78, 5) is 29.4. The minimum atomic E-state index is -3.86. The van der Waals surface area contributed by atoms with Crippen LogP contribution in [0.5, 0.6) is 0 Å². The van der Waals surface area contributed by atoms with Crippen LogP contribution in [0.2, 0.25) is 0 Å². The number of carbonyl (C=O) groups is 1. The average Bonchev–Trinajstić information content (AvgIpc) is 3.19. The largest absolute Gasteiger partial charge is 0.464 e. The summed E-state index contributed by atoms with van der Waals surface area (Å²) in [5, 5.41) is 4.55. The van der Waals surface area contributed by atoms with E-state index in [4.69, 9.17) is 9.15 Å². The Morgan fingerprint density at radius 1 is 1.17 bits per heavy atom. The number of unbranched alkanes of at least 4 members (excludes halogenated alkanes) is 1. The van der Waals surface area contributed by atoms with Gasteiger partial charge in [0.15, 0.2) is 0 Å². The third-order valence-corrected chi connectivity index (χ3v) is 6.65. The number of fused-ring (bicyclic) bond motifs is 3. The lowest BCUT2D eigenvalue weighted by molar-refractivity contribution is -0.144. The number of carbonyl (C=O) groups excluding carboxylic acids is 1. The van der Waals surface area contributed by atoms with E-state index in [1.807, 2.05) is 56.3 Å². The number of para-hydroxylation sites is 1. The van der Waals surface area contributed by atoms with Crippen LogP contribution in [0.1, 0.15) is 38.3 Å². The Balaban J connectivity index is 1.65. The summed E-state index contributed by atoms with van der Waals surface area (Å²) >= 11 is 0. The molecule has 2 aromatic carbocycles. The molecule has 2 heterocycles. The SMILES string of the molecule is CCCCOC(=O)Cn1c(S(C)(=O)=O)ncc(N[C@H](C)c2ccc3oc4ccccc4c3c2)c1=O. The van der Waals surface area contributed by atoms with Gasteiger partial charge in [0, 0.05) is 23.1 Å². The zero-order valence-corrected chi connectivity index (χ0v) is 20.6. The minimum absolute atomic E-state index is 0.0726. The van der Waals surface area contributed by atoms with E-state index in [-0.39, 0.29) is 18.3 Å². The number of furan rings is 1. The van der Waals surface area contributed by atoms with E-state index in [9.17, 15) is 18.0 Å². The smallest absolute Gasteiger partial charge is 0.326 e. The molecule has 0 aliphatic rings. The van der Waals surface area contributed by atoms with Crippen molar-refractivity contribution in [1.29, 1.82) is 0 Å². The Morgan fingerprint density at radius 2 is 1.91 bits per heavy atom. The number of esters is 1. The maximum Gasteiger partial charge on any atom is 0.326 e. The standard InChI is InChI=1S/C25H27N3O6S/c1-4-5-12-33-23(29)15-28-24(30)20(14-26-25(28)35(3,31)32)27-16(2)17-10-11-22-19(13-17)18-8-6-7-9-21(18)34-22/h6-11,13-14,16,27H,4-5,12,15H2,1-3H3/t16-/m1/s1. The van der Waals surface area contributed by atoms with Gasteiger partial charge in [-0.25, -0.2) is 13.4 Å². The van der Waals surface area contributed by atoms with Crippen LogP contribution >= 0.6 is 0 Å². The maximum atomic E-state index is 13.2. The molecule has 9 nitrogen and oxygen atoms in total. The Kier molecular flexibility index (Phi) is 6.93. The van der Waals surface area contributed by atoms with Gasteiger partial charge in [-0.2, -0.15) is 0 Å². The van der Waals surface area contributed by atoms with Crippen molar-refractivity contribution in [1.82, 2.24) is 9.55 Å². The molecule has 0 saturated carbocycles. The molecule has 4 aromatic rings. The normalized spacial score (nSPS) is 12.7. The van der Waals surface area contributed by atoms with Gasteiger partial charge in [0.2, 0.25) is 15.0 Å². The number of ether oxygens (including phenoxy) is 1. The number of rotatable bonds is 9. The number of benzene rings is 2. The van der Waals surface area contributed by atoms with Crippen molar-refractivity contribution in [2.45, 2.75) is 44.4 Å². The van der Waals surface area contributed by atoms with Crippen LogP contribution in [-0.2, 0) is 25.9 Å². The van der Waals surface area contributed by atoms with E-state index in [1.54, 1.807) is 0 Å². The summed E-state index contributed by atoms with van der Waals surface area (Å²) in [6.07, 6.45) is 3.63. The zero-order valence-electron chi connectivity index (χ0n) is 19.8. The first-order chi connectivity index (χ1) is 16.7. The highest BCUT2D eigenvalue weighted by Gasteiger charge is 2.22. The van der Waals surface area contributed by atoms with E-state index in [2.05, 4.69) is 10.3 Å².